The molecule has 0 saturated heterocycles. The van der Waals surface area contributed by atoms with E-state index in [1.807, 2.05) is 20.0 Å². The molecule has 2 heterocycles. The molecule has 2 N–H and O–H groups in total. The fraction of sp³-hybridized carbons (Fsp3) is 0.222. The van der Waals surface area contributed by atoms with E-state index in [0.29, 0.717) is 5.82 Å². The van der Waals surface area contributed by atoms with Gasteiger partial charge in [0, 0.05) is 18.2 Å². The summed E-state index contributed by atoms with van der Waals surface area (Å²) in [7, 11) is 1.82. The highest BCUT2D eigenvalue weighted by Gasteiger charge is 2.10. The van der Waals surface area contributed by atoms with Crippen LogP contribution in [0.4, 0.5) is 5.82 Å². The topological polar surface area (TPSA) is 69.6 Å². The smallest absolute Gasteiger partial charge is 0.124 e. The summed E-state index contributed by atoms with van der Waals surface area (Å²) in [6.07, 6.45) is 3.31. The zero-order chi connectivity index (χ0) is 10.1. The maximum absolute atomic E-state index is 5.80. The quantitative estimate of drug-likeness (QED) is 0.719. The molecule has 0 spiro atoms. The Morgan fingerprint density at radius 3 is 2.64 bits per heavy atom. The van der Waals surface area contributed by atoms with Crippen molar-refractivity contribution in [2.45, 2.75) is 6.92 Å². The summed E-state index contributed by atoms with van der Waals surface area (Å²) in [4.78, 5) is 0. The predicted molar refractivity (Wildman–Crippen MR) is 53.4 cm³/mol. The summed E-state index contributed by atoms with van der Waals surface area (Å²) >= 11 is 0. The third-order valence-corrected chi connectivity index (χ3v) is 2.20. The second-order valence-corrected chi connectivity index (χ2v) is 3.11. The zero-order valence-electron chi connectivity index (χ0n) is 8.10. The Labute approximate surface area is 81.6 Å². The van der Waals surface area contributed by atoms with Crippen LogP contribution >= 0.6 is 0 Å². The van der Waals surface area contributed by atoms with E-state index in [1.54, 1.807) is 17.1 Å². The van der Waals surface area contributed by atoms with Crippen LogP contribution in [0, 0.1) is 6.92 Å². The molecule has 0 radical (unpaired) electrons. The van der Waals surface area contributed by atoms with Crippen LogP contribution in [0.15, 0.2) is 18.5 Å². The molecule has 72 valence electrons. The normalized spacial score (nSPS) is 10.4. The molecule has 0 amide bonds. The highest BCUT2D eigenvalue weighted by atomic mass is 15.3. The van der Waals surface area contributed by atoms with Crippen LogP contribution < -0.4 is 5.73 Å². The first-order valence-electron chi connectivity index (χ1n) is 4.26. The molecule has 2 aromatic heterocycles. The molecule has 2 rings (SSSR count). The summed E-state index contributed by atoms with van der Waals surface area (Å²) in [5.74, 6) is 0.678. The summed E-state index contributed by atoms with van der Waals surface area (Å²) in [5.41, 5.74) is 8.57. The second kappa shape index (κ2) is 3.10. The molecular formula is C9H11N5. The number of aryl methyl sites for hydroxylation is 1. The average Bonchev–Trinajstić information content (AvgIpc) is 2.47. The van der Waals surface area contributed by atoms with Gasteiger partial charge in [0.15, 0.2) is 0 Å². The minimum atomic E-state index is 0.678. The Kier molecular flexibility index (Phi) is 1.92. The zero-order valence-corrected chi connectivity index (χ0v) is 8.10. The summed E-state index contributed by atoms with van der Waals surface area (Å²) in [6, 6.07) is 1.86. The Balaban J connectivity index is 2.58. The van der Waals surface area contributed by atoms with Gasteiger partial charge in [-0.2, -0.15) is 15.3 Å². The van der Waals surface area contributed by atoms with Crippen LogP contribution in [0.3, 0.4) is 0 Å². The number of nitrogen functional groups attached to an aromatic ring is 1. The molecule has 0 aliphatic heterocycles. The molecular weight excluding hydrogens is 178 g/mol. The van der Waals surface area contributed by atoms with Gasteiger partial charge >= 0.3 is 0 Å². The van der Waals surface area contributed by atoms with E-state index in [1.165, 1.54) is 0 Å². The van der Waals surface area contributed by atoms with E-state index < -0.39 is 0 Å². The Morgan fingerprint density at radius 1 is 1.36 bits per heavy atom. The third kappa shape index (κ3) is 1.22. The van der Waals surface area contributed by atoms with Crippen LogP contribution in [0.25, 0.3) is 11.3 Å². The fourth-order valence-corrected chi connectivity index (χ4v) is 1.35. The summed E-state index contributed by atoms with van der Waals surface area (Å²) in [6.45, 7) is 1.94. The lowest BCUT2D eigenvalue weighted by molar-refractivity contribution is 0.781. The highest BCUT2D eigenvalue weighted by molar-refractivity contribution is 5.66. The first-order valence-corrected chi connectivity index (χ1v) is 4.26. The van der Waals surface area contributed by atoms with Crippen LogP contribution in [-0.4, -0.2) is 20.0 Å². The molecule has 2 aromatic rings. The summed E-state index contributed by atoms with van der Waals surface area (Å²) in [5, 5.41) is 11.8. The minimum absolute atomic E-state index is 0.678. The number of hydrogen-bond acceptors (Lipinski definition) is 4. The number of hydrogen-bond donors (Lipinski definition) is 1. The van der Waals surface area contributed by atoms with Gasteiger partial charge in [-0.05, 0) is 13.0 Å². The van der Waals surface area contributed by atoms with E-state index in [-0.39, 0.29) is 0 Å². The fourth-order valence-electron chi connectivity index (χ4n) is 1.35. The van der Waals surface area contributed by atoms with Gasteiger partial charge in [0.05, 0.1) is 18.1 Å². The number of anilines is 1. The Bertz CT molecular complexity index is 446. The van der Waals surface area contributed by atoms with Crippen molar-refractivity contribution in [2.75, 3.05) is 5.73 Å². The van der Waals surface area contributed by atoms with Crippen LogP contribution in [-0.2, 0) is 7.05 Å². The van der Waals surface area contributed by atoms with Crippen molar-refractivity contribution in [1.82, 2.24) is 20.0 Å². The molecule has 0 atom stereocenters. The molecule has 0 unspecified atom stereocenters. The van der Waals surface area contributed by atoms with Crippen molar-refractivity contribution in [3.63, 3.8) is 0 Å². The lowest BCUT2D eigenvalue weighted by Gasteiger charge is -1.95. The van der Waals surface area contributed by atoms with Gasteiger partial charge in [0.25, 0.3) is 0 Å². The van der Waals surface area contributed by atoms with Crippen molar-refractivity contribution < 1.29 is 0 Å². The molecule has 5 heteroatoms. The van der Waals surface area contributed by atoms with Gasteiger partial charge in [0.1, 0.15) is 5.82 Å². The van der Waals surface area contributed by atoms with Crippen LogP contribution in [0.2, 0.25) is 0 Å². The van der Waals surface area contributed by atoms with Gasteiger partial charge in [-0.3, -0.25) is 4.68 Å². The van der Waals surface area contributed by atoms with Crippen molar-refractivity contribution >= 4 is 5.82 Å². The van der Waals surface area contributed by atoms with Crippen molar-refractivity contribution in [3.8, 4) is 11.3 Å². The van der Waals surface area contributed by atoms with Crippen LogP contribution in [0.5, 0.6) is 0 Å². The van der Waals surface area contributed by atoms with E-state index in [2.05, 4.69) is 15.3 Å². The van der Waals surface area contributed by atoms with E-state index in [0.717, 1.165) is 16.8 Å². The predicted octanol–water partition coefficient (Wildman–Crippen LogP) is 0.768. The van der Waals surface area contributed by atoms with Gasteiger partial charge in [-0.15, -0.1) is 0 Å². The Morgan fingerprint density at radius 2 is 2.14 bits per heavy atom. The van der Waals surface area contributed by atoms with Gasteiger partial charge in [-0.25, -0.2) is 0 Å². The lowest BCUT2D eigenvalue weighted by atomic mass is 10.1. The molecule has 5 nitrogen and oxygen atoms in total. The SMILES string of the molecule is Cc1c(-c2ccnnc2)nn(C)c1N. The average molecular weight is 189 g/mol. The van der Waals surface area contributed by atoms with Gasteiger partial charge < -0.3 is 5.73 Å². The van der Waals surface area contributed by atoms with E-state index >= 15 is 0 Å². The molecule has 0 aliphatic rings. The molecule has 0 fully saturated rings. The minimum Gasteiger partial charge on any atom is -0.384 e. The lowest BCUT2D eigenvalue weighted by Crippen LogP contribution is -1.97. The van der Waals surface area contributed by atoms with Crippen molar-refractivity contribution in [3.05, 3.63) is 24.0 Å². The number of aromatic nitrogens is 4. The van der Waals surface area contributed by atoms with E-state index in [4.69, 9.17) is 5.73 Å². The van der Waals surface area contributed by atoms with E-state index in [9.17, 15) is 0 Å². The largest absolute Gasteiger partial charge is 0.384 e. The monoisotopic (exact) mass is 189 g/mol. The molecule has 0 aliphatic carbocycles. The van der Waals surface area contributed by atoms with Crippen LogP contribution in [0.1, 0.15) is 5.56 Å². The van der Waals surface area contributed by atoms with Crippen molar-refractivity contribution in [2.24, 2.45) is 7.05 Å². The second-order valence-electron chi connectivity index (χ2n) is 3.11. The van der Waals surface area contributed by atoms with Gasteiger partial charge in [0.2, 0.25) is 0 Å². The molecule has 0 bridgehead atoms. The Hall–Kier alpha value is -1.91. The highest BCUT2D eigenvalue weighted by Crippen LogP contribution is 2.24. The maximum Gasteiger partial charge on any atom is 0.124 e. The maximum atomic E-state index is 5.80. The molecule has 14 heavy (non-hydrogen) atoms. The first kappa shape index (κ1) is 8.68. The standard InChI is InChI=1S/C9H11N5/c1-6-8(13-14(2)9(6)10)7-3-4-11-12-5-7/h3-5H,10H2,1-2H3. The van der Waals surface area contributed by atoms with Crippen molar-refractivity contribution in [1.29, 1.82) is 0 Å². The number of nitrogens with zero attached hydrogens (tertiary/aromatic N) is 4. The number of rotatable bonds is 1. The number of nitrogens with two attached hydrogens (primary N) is 1. The molecule has 0 saturated carbocycles. The summed E-state index contributed by atoms with van der Waals surface area (Å²) < 4.78 is 1.66. The third-order valence-electron chi connectivity index (χ3n) is 2.20. The van der Waals surface area contributed by atoms with Gasteiger partial charge in [-0.1, -0.05) is 0 Å². The molecule has 0 aromatic carbocycles. The first-order chi connectivity index (χ1) is 6.70.